The summed E-state index contributed by atoms with van der Waals surface area (Å²) in [6.45, 7) is 2.08. The zero-order valence-corrected chi connectivity index (χ0v) is 8.57. The highest BCUT2D eigenvalue weighted by Crippen LogP contribution is 2.10. The van der Waals surface area contributed by atoms with Gasteiger partial charge in [0.1, 0.15) is 0 Å². The van der Waals surface area contributed by atoms with Gasteiger partial charge in [-0.2, -0.15) is 0 Å². The van der Waals surface area contributed by atoms with Gasteiger partial charge in [-0.15, -0.1) is 0 Å². The van der Waals surface area contributed by atoms with Gasteiger partial charge in [-0.1, -0.05) is 36.5 Å². The lowest BCUT2D eigenvalue weighted by Gasteiger charge is -2.08. The molecule has 1 aromatic rings. The summed E-state index contributed by atoms with van der Waals surface area (Å²) in [6.07, 6.45) is 0.973. The molecule has 1 N–H and O–H groups in total. The molecule has 0 spiro atoms. The van der Waals surface area contributed by atoms with Crippen LogP contribution in [-0.2, 0) is 6.42 Å². The maximum absolute atomic E-state index is 5.75. The molecule has 0 aromatic heterocycles. The van der Waals surface area contributed by atoms with Crippen LogP contribution in [0, 0.1) is 0 Å². The van der Waals surface area contributed by atoms with Crippen LogP contribution < -0.4 is 4.72 Å². The maximum Gasteiger partial charge on any atom is 0.0406 e. The summed E-state index contributed by atoms with van der Waals surface area (Å²) < 4.78 is 2.89. The van der Waals surface area contributed by atoms with Crippen LogP contribution in [0.5, 0.6) is 0 Å². The Balaban J connectivity index is 2.58. The monoisotopic (exact) mass is 201 g/mol. The van der Waals surface area contributed by atoms with Gasteiger partial charge in [-0.3, -0.25) is 4.72 Å². The van der Waals surface area contributed by atoms with Crippen molar-refractivity contribution in [3.05, 3.63) is 34.9 Å². The zero-order valence-electron chi connectivity index (χ0n) is 6.92. The summed E-state index contributed by atoms with van der Waals surface area (Å²) >= 11 is 9.74. The van der Waals surface area contributed by atoms with Gasteiger partial charge < -0.3 is 0 Å². The van der Waals surface area contributed by atoms with E-state index in [1.165, 1.54) is 5.56 Å². The lowest BCUT2D eigenvalue weighted by Crippen LogP contribution is -2.18. The van der Waals surface area contributed by atoms with E-state index in [1.807, 2.05) is 24.3 Å². The smallest absolute Gasteiger partial charge is 0.0406 e. The average molecular weight is 202 g/mol. The number of thiol groups is 1. The van der Waals surface area contributed by atoms with Crippen molar-refractivity contribution >= 4 is 24.4 Å². The number of halogens is 1. The van der Waals surface area contributed by atoms with E-state index in [0.29, 0.717) is 6.04 Å². The highest BCUT2D eigenvalue weighted by Gasteiger charge is 1.99. The summed E-state index contributed by atoms with van der Waals surface area (Å²) in [5.74, 6) is 0. The fourth-order valence-corrected chi connectivity index (χ4v) is 1.24. The number of rotatable bonds is 3. The van der Waals surface area contributed by atoms with E-state index in [9.17, 15) is 0 Å². The number of benzene rings is 1. The van der Waals surface area contributed by atoms with Crippen molar-refractivity contribution in [1.29, 1.82) is 0 Å². The highest BCUT2D eigenvalue weighted by atomic mass is 35.5. The minimum absolute atomic E-state index is 0.384. The molecule has 0 aliphatic rings. The SMILES string of the molecule is CC(Cc1ccc(Cl)cc1)NS. The Morgan fingerprint density at radius 3 is 2.50 bits per heavy atom. The molecule has 1 nitrogen and oxygen atoms in total. The van der Waals surface area contributed by atoms with Crippen LogP contribution in [0.1, 0.15) is 12.5 Å². The van der Waals surface area contributed by atoms with Gasteiger partial charge in [0, 0.05) is 11.1 Å². The minimum Gasteiger partial charge on any atom is -0.264 e. The zero-order chi connectivity index (χ0) is 8.97. The molecule has 0 amide bonds. The predicted octanol–water partition coefficient (Wildman–Crippen LogP) is 2.71. The molecule has 1 atom stereocenters. The van der Waals surface area contributed by atoms with Gasteiger partial charge in [-0.05, 0) is 31.0 Å². The van der Waals surface area contributed by atoms with E-state index < -0.39 is 0 Å². The second kappa shape index (κ2) is 4.75. The summed E-state index contributed by atoms with van der Waals surface area (Å²) in [5.41, 5.74) is 1.27. The molecule has 3 heteroatoms. The molecule has 1 aromatic carbocycles. The first-order valence-electron chi connectivity index (χ1n) is 3.86. The maximum atomic E-state index is 5.75. The van der Waals surface area contributed by atoms with Crippen molar-refractivity contribution in [2.45, 2.75) is 19.4 Å². The molecule has 0 aliphatic heterocycles. The molecular weight excluding hydrogens is 190 g/mol. The number of hydrogen-bond donors (Lipinski definition) is 2. The Labute approximate surface area is 83.7 Å². The number of nitrogens with one attached hydrogen (secondary N) is 1. The van der Waals surface area contributed by atoms with Crippen LogP contribution in [-0.4, -0.2) is 6.04 Å². The van der Waals surface area contributed by atoms with Crippen LogP contribution >= 0.6 is 24.4 Å². The molecule has 66 valence electrons. The summed E-state index contributed by atoms with van der Waals surface area (Å²) in [5, 5.41) is 0.783. The molecular formula is C9H12ClNS. The van der Waals surface area contributed by atoms with Crippen LogP contribution in [0.4, 0.5) is 0 Å². The van der Waals surface area contributed by atoms with Gasteiger partial charge in [0.15, 0.2) is 0 Å². The van der Waals surface area contributed by atoms with Gasteiger partial charge in [0.25, 0.3) is 0 Å². The standard InChI is InChI=1S/C9H12ClNS/c1-7(11-12)6-8-2-4-9(10)5-3-8/h2-5,7,11-12H,6H2,1H3. The van der Waals surface area contributed by atoms with Gasteiger partial charge in [0.05, 0.1) is 0 Å². The van der Waals surface area contributed by atoms with Crippen LogP contribution in [0.3, 0.4) is 0 Å². The van der Waals surface area contributed by atoms with Gasteiger partial charge in [0.2, 0.25) is 0 Å². The third kappa shape index (κ3) is 3.05. The lowest BCUT2D eigenvalue weighted by molar-refractivity contribution is 0.693. The van der Waals surface area contributed by atoms with Crippen molar-refractivity contribution < 1.29 is 0 Å². The van der Waals surface area contributed by atoms with Crippen molar-refractivity contribution in [1.82, 2.24) is 4.72 Å². The summed E-state index contributed by atoms with van der Waals surface area (Å²) in [6, 6.07) is 8.26. The topological polar surface area (TPSA) is 12.0 Å². The van der Waals surface area contributed by atoms with E-state index in [-0.39, 0.29) is 0 Å². The van der Waals surface area contributed by atoms with E-state index >= 15 is 0 Å². The normalized spacial score (nSPS) is 12.9. The fraction of sp³-hybridized carbons (Fsp3) is 0.333. The molecule has 0 aliphatic carbocycles. The first-order valence-corrected chi connectivity index (χ1v) is 4.69. The quantitative estimate of drug-likeness (QED) is 0.717. The predicted molar refractivity (Wildman–Crippen MR) is 56.7 cm³/mol. The van der Waals surface area contributed by atoms with Crippen molar-refractivity contribution in [2.75, 3.05) is 0 Å². The second-order valence-corrected chi connectivity index (χ2v) is 3.56. The molecule has 0 saturated heterocycles. The third-order valence-corrected chi connectivity index (χ3v) is 2.37. The van der Waals surface area contributed by atoms with E-state index in [4.69, 9.17) is 11.6 Å². The lowest BCUT2D eigenvalue weighted by atomic mass is 10.1. The Hall–Kier alpha value is -0.180. The van der Waals surface area contributed by atoms with Crippen LogP contribution in [0.2, 0.25) is 5.02 Å². The van der Waals surface area contributed by atoms with Crippen LogP contribution in [0.25, 0.3) is 0 Å². The fourth-order valence-electron chi connectivity index (χ4n) is 1.02. The Morgan fingerprint density at radius 1 is 1.42 bits per heavy atom. The second-order valence-electron chi connectivity index (χ2n) is 2.86. The van der Waals surface area contributed by atoms with E-state index in [2.05, 4.69) is 24.5 Å². The highest BCUT2D eigenvalue weighted by molar-refractivity contribution is 7.78. The van der Waals surface area contributed by atoms with E-state index in [0.717, 1.165) is 11.4 Å². The molecule has 12 heavy (non-hydrogen) atoms. The Kier molecular flexibility index (Phi) is 3.92. The minimum atomic E-state index is 0.384. The molecule has 1 rings (SSSR count). The van der Waals surface area contributed by atoms with Crippen LogP contribution in [0.15, 0.2) is 24.3 Å². The average Bonchev–Trinajstić information content (AvgIpc) is 2.09. The Bertz CT molecular complexity index is 235. The van der Waals surface area contributed by atoms with E-state index in [1.54, 1.807) is 0 Å². The van der Waals surface area contributed by atoms with Gasteiger partial charge in [-0.25, -0.2) is 0 Å². The summed E-state index contributed by atoms with van der Waals surface area (Å²) in [4.78, 5) is 0. The Morgan fingerprint density at radius 2 is 2.00 bits per heavy atom. The van der Waals surface area contributed by atoms with Crippen molar-refractivity contribution in [2.24, 2.45) is 0 Å². The number of hydrogen-bond acceptors (Lipinski definition) is 2. The van der Waals surface area contributed by atoms with Gasteiger partial charge >= 0.3 is 0 Å². The first-order chi connectivity index (χ1) is 5.72. The molecule has 0 saturated carbocycles. The molecule has 0 fully saturated rings. The summed E-state index contributed by atoms with van der Waals surface area (Å²) in [7, 11) is 0. The molecule has 0 bridgehead atoms. The third-order valence-electron chi connectivity index (χ3n) is 1.68. The van der Waals surface area contributed by atoms with Crippen molar-refractivity contribution in [3.63, 3.8) is 0 Å². The molecule has 0 radical (unpaired) electrons. The van der Waals surface area contributed by atoms with Crippen molar-refractivity contribution in [3.8, 4) is 0 Å². The molecule has 1 unspecified atom stereocenters. The largest absolute Gasteiger partial charge is 0.264 e. The molecule has 0 heterocycles. The first kappa shape index (κ1) is 9.90.